The Hall–Kier alpha value is -1.36. The SMILES string of the molecule is CCNCc1ncc(C(=O)O)n1C. The minimum Gasteiger partial charge on any atom is -0.477 e. The quantitative estimate of drug-likeness (QED) is 0.701. The number of carboxylic acids is 1. The van der Waals surface area contributed by atoms with Crippen LogP contribution in [-0.2, 0) is 13.6 Å². The van der Waals surface area contributed by atoms with Gasteiger partial charge in [-0.05, 0) is 6.54 Å². The van der Waals surface area contributed by atoms with Crippen molar-refractivity contribution >= 4 is 5.97 Å². The zero-order valence-electron chi connectivity index (χ0n) is 7.74. The highest BCUT2D eigenvalue weighted by molar-refractivity contribution is 5.85. The largest absolute Gasteiger partial charge is 0.477 e. The van der Waals surface area contributed by atoms with Gasteiger partial charge in [-0.1, -0.05) is 6.92 Å². The number of hydrogen-bond donors (Lipinski definition) is 2. The molecule has 5 nitrogen and oxygen atoms in total. The molecule has 72 valence electrons. The number of carbonyl (C=O) groups is 1. The summed E-state index contributed by atoms with van der Waals surface area (Å²) in [7, 11) is 1.70. The molecule has 13 heavy (non-hydrogen) atoms. The van der Waals surface area contributed by atoms with Gasteiger partial charge in [-0.15, -0.1) is 0 Å². The maximum absolute atomic E-state index is 10.6. The van der Waals surface area contributed by atoms with E-state index < -0.39 is 5.97 Å². The van der Waals surface area contributed by atoms with Crippen LogP contribution in [0, 0.1) is 0 Å². The maximum Gasteiger partial charge on any atom is 0.354 e. The number of nitrogens with one attached hydrogen (secondary N) is 1. The number of hydrogen-bond acceptors (Lipinski definition) is 3. The van der Waals surface area contributed by atoms with Crippen LogP contribution in [0.15, 0.2) is 6.20 Å². The molecule has 0 saturated carbocycles. The molecule has 0 unspecified atom stereocenters. The molecule has 0 fully saturated rings. The van der Waals surface area contributed by atoms with E-state index in [1.165, 1.54) is 6.20 Å². The standard InChI is InChI=1S/C8H13N3O2/c1-3-9-5-7-10-4-6(8(12)13)11(7)2/h4,9H,3,5H2,1-2H3,(H,12,13). The van der Waals surface area contributed by atoms with Gasteiger partial charge in [0.05, 0.1) is 12.7 Å². The lowest BCUT2D eigenvalue weighted by Crippen LogP contribution is -2.16. The fraction of sp³-hybridized carbons (Fsp3) is 0.500. The first-order valence-electron chi connectivity index (χ1n) is 4.11. The van der Waals surface area contributed by atoms with E-state index in [2.05, 4.69) is 10.3 Å². The van der Waals surface area contributed by atoms with E-state index >= 15 is 0 Å². The molecule has 1 aromatic rings. The van der Waals surface area contributed by atoms with E-state index in [1.807, 2.05) is 6.92 Å². The Morgan fingerprint density at radius 1 is 1.77 bits per heavy atom. The Kier molecular flexibility index (Phi) is 3.02. The summed E-state index contributed by atoms with van der Waals surface area (Å²) < 4.78 is 1.57. The zero-order valence-corrected chi connectivity index (χ0v) is 7.74. The second-order valence-electron chi connectivity index (χ2n) is 2.70. The van der Waals surface area contributed by atoms with E-state index in [4.69, 9.17) is 5.11 Å². The molecule has 2 N–H and O–H groups in total. The third-order valence-electron chi connectivity index (χ3n) is 1.84. The normalized spacial score (nSPS) is 10.3. The van der Waals surface area contributed by atoms with E-state index in [-0.39, 0.29) is 5.69 Å². The molecule has 0 bridgehead atoms. The monoisotopic (exact) mass is 183 g/mol. The minimum absolute atomic E-state index is 0.216. The predicted octanol–water partition coefficient (Wildman–Crippen LogP) is 0.228. The Bertz CT molecular complexity index is 306. The van der Waals surface area contributed by atoms with Gasteiger partial charge in [-0.25, -0.2) is 9.78 Å². The minimum atomic E-state index is -0.947. The number of nitrogens with zero attached hydrogens (tertiary/aromatic N) is 2. The molecular weight excluding hydrogens is 170 g/mol. The molecule has 0 aromatic carbocycles. The van der Waals surface area contributed by atoms with Gasteiger partial charge in [0, 0.05) is 7.05 Å². The van der Waals surface area contributed by atoms with Crippen LogP contribution in [0.5, 0.6) is 0 Å². The third kappa shape index (κ3) is 2.06. The van der Waals surface area contributed by atoms with Crippen molar-refractivity contribution in [2.75, 3.05) is 6.54 Å². The molecular formula is C8H13N3O2. The summed E-state index contributed by atoms with van der Waals surface area (Å²) in [5.41, 5.74) is 0.216. The van der Waals surface area contributed by atoms with Crippen molar-refractivity contribution in [2.45, 2.75) is 13.5 Å². The molecule has 0 radical (unpaired) electrons. The first-order chi connectivity index (χ1) is 6.16. The molecule has 0 saturated heterocycles. The average Bonchev–Trinajstić information content (AvgIpc) is 2.43. The van der Waals surface area contributed by atoms with Crippen molar-refractivity contribution in [1.29, 1.82) is 0 Å². The van der Waals surface area contributed by atoms with Crippen molar-refractivity contribution < 1.29 is 9.90 Å². The average molecular weight is 183 g/mol. The first kappa shape index (κ1) is 9.73. The molecule has 0 aliphatic heterocycles. The van der Waals surface area contributed by atoms with Crippen LogP contribution in [0.4, 0.5) is 0 Å². The van der Waals surface area contributed by atoms with Gasteiger partial charge in [-0.2, -0.15) is 0 Å². The molecule has 1 rings (SSSR count). The Morgan fingerprint density at radius 3 is 2.92 bits per heavy atom. The van der Waals surface area contributed by atoms with Crippen LogP contribution in [0.1, 0.15) is 23.2 Å². The maximum atomic E-state index is 10.6. The molecule has 1 aromatic heterocycles. The Labute approximate surface area is 76.4 Å². The summed E-state index contributed by atoms with van der Waals surface area (Å²) in [5.74, 6) is -0.211. The van der Waals surface area contributed by atoms with Crippen molar-refractivity contribution in [1.82, 2.24) is 14.9 Å². The van der Waals surface area contributed by atoms with Crippen molar-refractivity contribution in [3.63, 3.8) is 0 Å². The Balaban J connectivity index is 2.80. The number of aromatic nitrogens is 2. The topological polar surface area (TPSA) is 67.2 Å². The summed E-state index contributed by atoms with van der Waals surface area (Å²) >= 11 is 0. The van der Waals surface area contributed by atoms with Gasteiger partial charge in [0.1, 0.15) is 11.5 Å². The highest BCUT2D eigenvalue weighted by atomic mass is 16.4. The van der Waals surface area contributed by atoms with Gasteiger partial charge < -0.3 is 15.0 Å². The fourth-order valence-corrected chi connectivity index (χ4v) is 1.05. The van der Waals surface area contributed by atoms with Crippen LogP contribution >= 0.6 is 0 Å². The summed E-state index contributed by atoms with van der Waals surface area (Å²) in [5, 5.41) is 11.8. The fourth-order valence-electron chi connectivity index (χ4n) is 1.05. The molecule has 0 aliphatic rings. The molecule has 0 aliphatic carbocycles. The number of rotatable bonds is 4. The second-order valence-corrected chi connectivity index (χ2v) is 2.70. The van der Waals surface area contributed by atoms with E-state index in [1.54, 1.807) is 11.6 Å². The highest BCUT2D eigenvalue weighted by Gasteiger charge is 2.11. The van der Waals surface area contributed by atoms with Crippen molar-refractivity contribution in [2.24, 2.45) is 7.05 Å². The van der Waals surface area contributed by atoms with Crippen LogP contribution in [0.2, 0.25) is 0 Å². The smallest absolute Gasteiger partial charge is 0.354 e. The van der Waals surface area contributed by atoms with Crippen LogP contribution < -0.4 is 5.32 Å². The summed E-state index contributed by atoms with van der Waals surface area (Å²) in [6.07, 6.45) is 1.37. The molecule has 0 atom stereocenters. The molecule has 5 heteroatoms. The molecule has 1 heterocycles. The number of aromatic carboxylic acids is 1. The highest BCUT2D eigenvalue weighted by Crippen LogP contribution is 2.02. The Morgan fingerprint density at radius 2 is 2.46 bits per heavy atom. The predicted molar refractivity (Wildman–Crippen MR) is 47.5 cm³/mol. The molecule has 0 amide bonds. The first-order valence-corrected chi connectivity index (χ1v) is 4.11. The van der Waals surface area contributed by atoms with Gasteiger partial charge in [-0.3, -0.25) is 0 Å². The van der Waals surface area contributed by atoms with Gasteiger partial charge in [0.2, 0.25) is 0 Å². The van der Waals surface area contributed by atoms with Crippen LogP contribution in [0.3, 0.4) is 0 Å². The molecule has 0 spiro atoms. The lowest BCUT2D eigenvalue weighted by Gasteiger charge is -2.02. The van der Waals surface area contributed by atoms with Crippen molar-refractivity contribution in [3.8, 4) is 0 Å². The van der Waals surface area contributed by atoms with Crippen LogP contribution in [0.25, 0.3) is 0 Å². The van der Waals surface area contributed by atoms with Gasteiger partial charge in [0.25, 0.3) is 0 Å². The number of carboxylic acid groups (broad SMARTS) is 1. The lowest BCUT2D eigenvalue weighted by molar-refractivity contribution is 0.0686. The zero-order chi connectivity index (χ0) is 9.84. The lowest BCUT2D eigenvalue weighted by atomic mass is 10.5. The summed E-state index contributed by atoms with van der Waals surface area (Å²) in [6.45, 7) is 3.43. The number of imidazole rings is 1. The third-order valence-corrected chi connectivity index (χ3v) is 1.84. The van der Waals surface area contributed by atoms with Gasteiger partial charge in [0.15, 0.2) is 0 Å². The summed E-state index contributed by atoms with van der Waals surface area (Å²) in [6, 6.07) is 0. The van der Waals surface area contributed by atoms with E-state index in [9.17, 15) is 4.79 Å². The second kappa shape index (κ2) is 4.04. The van der Waals surface area contributed by atoms with Gasteiger partial charge >= 0.3 is 5.97 Å². The van der Waals surface area contributed by atoms with E-state index in [0.29, 0.717) is 6.54 Å². The van der Waals surface area contributed by atoms with E-state index in [0.717, 1.165) is 12.4 Å². The van der Waals surface area contributed by atoms with Crippen LogP contribution in [-0.4, -0.2) is 27.2 Å². The summed E-state index contributed by atoms with van der Waals surface area (Å²) in [4.78, 5) is 14.6. The van der Waals surface area contributed by atoms with Crippen molar-refractivity contribution in [3.05, 3.63) is 17.7 Å².